The molecule has 0 radical (unpaired) electrons. The van der Waals surface area contributed by atoms with E-state index in [1.807, 2.05) is 0 Å². The molecule has 154 valence electrons. The third-order valence-electron chi connectivity index (χ3n) is 7.40. The lowest BCUT2D eigenvalue weighted by Crippen LogP contribution is -2.48. The van der Waals surface area contributed by atoms with Gasteiger partial charge in [-0.2, -0.15) is 4.57 Å². The molecule has 1 aliphatic rings. The van der Waals surface area contributed by atoms with Crippen LogP contribution in [0.25, 0.3) is 38.9 Å². The molecule has 0 N–H and O–H groups in total. The van der Waals surface area contributed by atoms with Gasteiger partial charge in [-0.05, 0) is 73.0 Å². The maximum Gasteiger partial charge on any atom is 0.226 e. The van der Waals surface area contributed by atoms with Crippen LogP contribution >= 0.6 is 0 Å². The number of fused-ring (bicyclic) bond motifs is 5. The molecule has 0 fully saturated rings. The zero-order valence-electron chi connectivity index (χ0n) is 19.0. The first-order chi connectivity index (χ1) is 15.0. The number of aromatic nitrogens is 1. The normalized spacial score (nSPS) is 14.4. The van der Waals surface area contributed by atoms with Crippen molar-refractivity contribution in [2.24, 2.45) is 0 Å². The maximum absolute atomic E-state index is 4.63. The Labute approximate surface area is 185 Å². The van der Waals surface area contributed by atoms with E-state index >= 15 is 0 Å². The van der Waals surface area contributed by atoms with E-state index < -0.39 is 0 Å². The fourth-order valence-electron chi connectivity index (χ4n) is 5.51. The highest BCUT2D eigenvalue weighted by Crippen LogP contribution is 2.48. The van der Waals surface area contributed by atoms with E-state index in [2.05, 4.69) is 112 Å². The van der Waals surface area contributed by atoms with Crippen molar-refractivity contribution < 1.29 is 4.57 Å². The zero-order chi connectivity index (χ0) is 21.8. The van der Waals surface area contributed by atoms with E-state index in [0.717, 1.165) is 12.8 Å². The number of hydrogen-bond acceptors (Lipinski definition) is 0. The van der Waals surface area contributed by atoms with Crippen LogP contribution in [0.5, 0.6) is 0 Å². The average Bonchev–Trinajstić information content (AvgIpc) is 2.81. The molecule has 0 bridgehead atoms. The molecular weight excluding hydrogens is 374 g/mol. The quantitative estimate of drug-likeness (QED) is 0.309. The number of rotatable bonds is 3. The van der Waals surface area contributed by atoms with Crippen LogP contribution in [0.4, 0.5) is 0 Å². The Morgan fingerprint density at radius 3 is 2.39 bits per heavy atom. The van der Waals surface area contributed by atoms with Gasteiger partial charge in [-0.25, -0.2) is 0 Å². The summed E-state index contributed by atoms with van der Waals surface area (Å²) in [7, 11) is 0. The Balaban J connectivity index is 1.89. The van der Waals surface area contributed by atoms with Crippen LogP contribution < -0.4 is 4.57 Å². The Kier molecular flexibility index (Phi) is 4.59. The topological polar surface area (TPSA) is 3.88 Å². The lowest BCUT2D eigenvalue weighted by molar-refractivity contribution is -0.576. The van der Waals surface area contributed by atoms with E-state index in [-0.39, 0.29) is 5.41 Å². The van der Waals surface area contributed by atoms with Gasteiger partial charge < -0.3 is 0 Å². The second-order valence-corrected chi connectivity index (χ2v) is 8.94. The summed E-state index contributed by atoms with van der Waals surface area (Å²) in [6.07, 6.45) is 4.29. The fraction of sp³-hybridized carbons (Fsp3) is 0.233. The molecule has 0 amide bonds. The van der Waals surface area contributed by atoms with Gasteiger partial charge in [0.15, 0.2) is 11.9 Å². The van der Waals surface area contributed by atoms with Gasteiger partial charge >= 0.3 is 0 Å². The largest absolute Gasteiger partial charge is 0.226 e. The minimum absolute atomic E-state index is 0.0460. The summed E-state index contributed by atoms with van der Waals surface area (Å²) >= 11 is 0. The first kappa shape index (κ1) is 19.8. The van der Waals surface area contributed by atoms with Crippen molar-refractivity contribution >= 4 is 16.5 Å². The van der Waals surface area contributed by atoms with Gasteiger partial charge in [0.1, 0.15) is 0 Å². The van der Waals surface area contributed by atoms with Crippen LogP contribution in [-0.2, 0) is 5.41 Å². The van der Waals surface area contributed by atoms with Gasteiger partial charge in [-0.3, -0.25) is 0 Å². The van der Waals surface area contributed by atoms with Crippen LogP contribution in [-0.4, -0.2) is 0 Å². The van der Waals surface area contributed by atoms with Gasteiger partial charge in [0, 0.05) is 6.07 Å². The first-order valence-electron chi connectivity index (χ1n) is 11.4. The van der Waals surface area contributed by atoms with Crippen LogP contribution in [0.3, 0.4) is 0 Å². The van der Waals surface area contributed by atoms with E-state index in [9.17, 15) is 0 Å². The lowest BCUT2D eigenvalue weighted by atomic mass is 9.68. The van der Waals surface area contributed by atoms with E-state index in [0.29, 0.717) is 0 Å². The summed E-state index contributed by atoms with van der Waals surface area (Å²) < 4.78 is 2.35. The fourth-order valence-corrected chi connectivity index (χ4v) is 5.51. The van der Waals surface area contributed by atoms with Gasteiger partial charge in [0.05, 0.1) is 16.4 Å². The van der Waals surface area contributed by atoms with Crippen LogP contribution in [0.15, 0.2) is 79.5 Å². The number of pyridine rings is 1. The lowest BCUT2D eigenvalue weighted by Gasteiger charge is -2.36. The highest BCUT2D eigenvalue weighted by molar-refractivity contribution is 5.96. The molecule has 4 aromatic rings. The summed E-state index contributed by atoms with van der Waals surface area (Å²) in [6.45, 7) is 13.6. The Morgan fingerprint density at radius 2 is 1.61 bits per heavy atom. The molecule has 5 rings (SSSR count). The maximum atomic E-state index is 4.63. The molecule has 3 aromatic carbocycles. The predicted octanol–water partition coefficient (Wildman–Crippen LogP) is 7.62. The van der Waals surface area contributed by atoms with E-state index in [1.54, 1.807) is 0 Å². The van der Waals surface area contributed by atoms with E-state index in [1.165, 1.54) is 55.5 Å². The van der Waals surface area contributed by atoms with Crippen molar-refractivity contribution in [1.29, 1.82) is 0 Å². The predicted molar refractivity (Wildman–Crippen MR) is 132 cm³/mol. The van der Waals surface area contributed by atoms with Crippen molar-refractivity contribution in [3.63, 3.8) is 0 Å². The summed E-state index contributed by atoms with van der Waals surface area (Å²) in [6, 6.07) is 24.8. The smallest absolute Gasteiger partial charge is 0.163 e. The molecular formula is C30H30N+. The van der Waals surface area contributed by atoms with Gasteiger partial charge in [-0.15, -0.1) is 0 Å². The first-order valence-corrected chi connectivity index (χ1v) is 11.4. The number of aryl methyl sites for hydroxylation is 2. The molecule has 1 nitrogen and oxygen atoms in total. The second kappa shape index (κ2) is 7.20. The molecule has 1 aromatic heterocycles. The summed E-state index contributed by atoms with van der Waals surface area (Å²) in [5.41, 5.74) is 10.4. The number of allylic oxidation sites excluding steroid dienone is 1. The van der Waals surface area contributed by atoms with Crippen LogP contribution in [0.1, 0.15) is 43.4 Å². The third kappa shape index (κ3) is 2.80. The minimum atomic E-state index is -0.0460. The summed E-state index contributed by atoms with van der Waals surface area (Å²) in [5.74, 6) is 0. The summed E-state index contributed by atoms with van der Waals surface area (Å²) in [5, 5.41) is 2.55. The molecule has 0 atom stereocenters. The SMILES string of the molecule is C=C1[n+]2ccc3ccccc3c2-c2cc(-c3cc(C)ccc3C)ccc2C1(CC)CC. The van der Waals surface area contributed by atoms with Crippen molar-refractivity contribution in [2.75, 3.05) is 0 Å². The molecule has 0 aliphatic carbocycles. The van der Waals surface area contributed by atoms with Crippen molar-refractivity contribution in [3.05, 3.63) is 96.2 Å². The number of hydrogen-bond donors (Lipinski definition) is 0. The molecule has 1 heteroatoms. The Bertz CT molecular complexity index is 1340. The third-order valence-corrected chi connectivity index (χ3v) is 7.40. The van der Waals surface area contributed by atoms with Crippen molar-refractivity contribution in [3.8, 4) is 22.4 Å². The van der Waals surface area contributed by atoms with Crippen molar-refractivity contribution in [2.45, 2.75) is 46.0 Å². The molecule has 0 unspecified atom stereocenters. The monoisotopic (exact) mass is 404 g/mol. The van der Waals surface area contributed by atoms with Gasteiger partial charge in [0.25, 0.3) is 0 Å². The van der Waals surface area contributed by atoms with Crippen molar-refractivity contribution in [1.82, 2.24) is 0 Å². The molecule has 0 saturated heterocycles. The number of benzene rings is 3. The molecule has 31 heavy (non-hydrogen) atoms. The van der Waals surface area contributed by atoms with Crippen LogP contribution in [0.2, 0.25) is 0 Å². The minimum Gasteiger partial charge on any atom is -0.163 e. The van der Waals surface area contributed by atoms with Gasteiger partial charge in [-0.1, -0.05) is 67.9 Å². The second-order valence-electron chi connectivity index (χ2n) is 8.94. The van der Waals surface area contributed by atoms with Crippen LogP contribution in [0, 0.1) is 13.8 Å². The molecule has 0 saturated carbocycles. The molecule has 1 aliphatic heterocycles. The highest BCUT2D eigenvalue weighted by atomic mass is 15.0. The Hall–Kier alpha value is -3.19. The standard InChI is InChI=1S/C30H30N/c1-6-30(7-2)22(5)31-17-16-23-10-8-9-11-25(23)29(31)27-19-24(14-15-28(27)30)26-18-20(3)12-13-21(26)4/h8-19H,5-7H2,1-4H3/q+1. The Morgan fingerprint density at radius 1 is 0.839 bits per heavy atom. The van der Waals surface area contributed by atoms with Gasteiger partial charge in [0.2, 0.25) is 5.69 Å². The zero-order valence-corrected chi connectivity index (χ0v) is 19.0. The average molecular weight is 405 g/mol. The molecule has 2 heterocycles. The van der Waals surface area contributed by atoms with E-state index in [4.69, 9.17) is 0 Å². The summed E-state index contributed by atoms with van der Waals surface area (Å²) in [4.78, 5) is 0. The molecule has 0 spiro atoms. The highest BCUT2D eigenvalue weighted by Gasteiger charge is 2.46. The number of nitrogens with zero attached hydrogens (tertiary/aromatic N) is 1.